The molecule has 2 rings (SSSR count). The summed E-state index contributed by atoms with van der Waals surface area (Å²) < 4.78 is 7.07. The van der Waals surface area contributed by atoms with E-state index in [0.717, 1.165) is 17.4 Å². The topological polar surface area (TPSA) is 26.3 Å². The zero-order valence-electron chi connectivity index (χ0n) is 24.9. The van der Waals surface area contributed by atoms with Crippen LogP contribution in [-0.2, 0) is 4.74 Å². The fraction of sp³-hybridized carbons (Fsp3) is 0.794. The molecule has 1 saturated carbocycles. The Morgan fingerprint density at radius 1 is 0.730 bits per heavy atom. The second-order valence-corrected chi connectivity index (χ2v) is 12.5. The summed E-state index contributed by atoms with van der Waals surface area (Å²) in [4.78, 5) is 12.6. The molecular weight excluding hydrogens is 454 g/mol. The summed E-state index contributed by atoms with van der Waals surface area (Å²) >= 11 is 0. The quantitative estimate of drug-likeness (QED) is 0.0927. The first kappa shape index (κ1) is 31.9. The number of unbranched alkanes of at least 4 members (excludes halogenated alkanes) is 15. The van der Waals surface area contributed by atoms with Gasteiger partial charge in [-0.15, -0.1) is 0 Å². The Hall–Kier alpha value is -1.35. The van der Waals surface area contributed by atoms with Crippen LogP contribution in [0.25, 0.3) is 0 Å². The number of quaternary nitrogens is 1. The molecule has 1 fully saturated rings. The Labute approximate surface area is 230 Å². The largest absolute Gasteiger partial charge is 0.458 e. The van der Waals surface area contributed by atoms with Crippen molar-refractivity contribution in [1.29, 1.82) is 0 Å². The molecule has 0 N–H and O–H groups in total. The van der Waals surface area contributed by atoms with Gasteiger partial charge in [-0.05, 0) is 44.2 Å². The van der Waals surface area contributed by atoms with E-state index in [1.54, 1.807) is 0 Å². The van der Waals surface area contributed by atoms with Crippen molar-refractivity contribution in [2.24, 2.45) is 5.92 Å². The van der Waals surface area contributed by atoms with Crippen LogP contribution in [0.5, 0.6) is 0 Å². The first-order chi connectivity index (χ1) is 18.0. The third kappa shape index (κ3) is 15.0. The van der Waals surface area contributed by atoms with Crippen molar-refractivity contribution in [3.05, 3.63) is 35.9 Å². The van der Waals surface area contributed by atoms with Crippen molar-refractivity contribution in [3.63, 3.8) is 0 Å². The Morgan fingerprint density at radius 2 is 1.22 bits per heavy atom. The Balaban J connectivity index is 1.49. The number of nitrogens with zero attached hydrogens (tertiary/aromatic N) is 1. The molecule has 37 heavy (non-hydrogen) atoms. The number of hydrogen-bond acceptors (Lipinski definition) is 2. The van der Waals surface area contributed by atoms with Crippen molar-refractivity contribution >= 4 is 5.97 Å². The van der Waals surface area contributed by atoms with Crippen LogP contribution >= 0.6 is 0 Å². The summed E-state index contributed by atoms with van der Waals surface area (Å²) in [5, 5.41) is 0. The molecule has 0 spiro atoms. The number of ether oxygens (including phenoxy) is 1. The van der Waals surface area contributed by atoms with Crippen molar-refractivity contribution in [3.8, 4) is 0 Å². The zero-order valence-corrected chi connectivity index (χ0v) is 24.9. The van der Waals surface area contributed by atoms with E-state index in [9.17, 15) is 4.79 Å². The lowest BCUT2D eigenvalue weighted by Gasteiger charge is -2.38. The first-order valence-corrected chi connectivity index (χ1v) is 16.1. The van der Waals surface area contributed by atoms with Gasteiger partial charge in [-0.1, -0.05) is 121 Å². The van der Waals surface area contributed by atoms with E-state index in [2.05, 4.69) is 21.0 Å². The van der Waals surface area contributed by atoms with Crippen molar-refractivity contribution in [2.45, 2.75) is 141 Å². The highest BCUT2D eigenvalue weighted by Crippen LogP contribution is 2.30. The number of carbonyl (C=O) groups excluding carboxylic acids is 1. The summed E-state index contributed by atoms with van der Waals surface area (Å²) in [5.41, 5.74) is 0.675. The lowest BCUT2D eigenvalue weighted by atomic mass is 9.85. The molecule has 0 saturated heterocycles. The van der Waals surface area contributed by atoms with Gasteiger partial charge in [-0.2, -0.15) is 0 Å². The monoisotopic (exact) mass is 514 g/mol. The third-order valence-corrected chi connectivity index (χ3v) is 8.45. The minimum absolute atomic E-state index is 0.0738. The Kier molecular flexibility index (Phi) is 16.9. The fourth-order valence-corrected chi connectivity index (χ4v) is 6.13. The summed E-state index contributed by atoms with van der Waals surface area (Å²) in [7, 11) is 4.74. The molecule has 1 aliphatic carbocycles. The van der Waals surface area contributed by atoms with E-state index in [1.165, 1.54) is 129 Å². The van der Waals surface area contributed by atoms with Crippen molar-refractivity contribution in [1.82, 2.24) is 0 Å². The molecule has 1 aliphatic rings. The van der Waals surface area contributed by atoms with Crippen LogP contribution in [0.15, 0.2) is 30.3 Å². The minimum Gasteiger partial charge on any atom is -0.458 e. The van der Waals surface area contributed by atoms with Crippen LogP contribution in [0.4, 0.5) is 0 Å². The van der Waals surface area contributed by atoms with Gasteiger partial charge in [0, 0.05) is 5.92 Å². The molecule has 0 bridgehead atoms. The molecule has 0 aromatic heterocycles. The Bertz CT molecular complexity index is 686. The molecule has 0 heterocycles. The highest BCUT2D eigenvalue weighted by Gasteiger charge is 2.33. The maximum Gasteiger partial charge on any atom is 0.338 e. The van der Waals surface area contributed by atoms with Gasteiger partial charge in [0.25, 0.3) is 0 Å². The van der Waals surface area contributed by atoms with Gasteiger partial charge in [0.15, 0.2) is 0 Å². The average molecular weight is 515 g/mol. The van der Waals surface area contributed by atoms with Gasteiger partial charge >= 0.3 is 5.97 Å². The van der Waals surface area contributed by atoms with Crippen molar-refractivity contribution in [2.75, 3.05) is 27.2 Å². The second kappa shape index (κ2) is 19.7. The van der Waals surface area contributed by atoms with Crippen molar-refractivity contribution < 1.29 is 14.0 Å². The number of carbonyl (C=O) groups is 1. The predicted octanol–water partition coefficient (Wildman–Crippen LogP) is 9.74. The predicted molar refractivity (Wildman–Crippen MR) is 159 cm³/mol. The summed E-state index contributed by atoms with van der Waals surface area (Å²) in [6.07, 6.45) is 27.4. The summed E-state index contributed by atoms with van der Waals surface area (Å²) in [5.74, 6) is 0.332. The number of hydrogen-bond donors (Lipinski definition) is 0. The molecule has 0 unspecified atom stereocenters. The first-order valence-electron chi connectivity index (χ1n) is 16.1. The second-order valence-electron chi connectivity index (χ2n) is 12.5. The lowest BCUT2D eigenvalue weighted by molar-refractivity contribution is -0.894. The molecule has 1 aromatic rings. The number of esters is 1. The maximum atomic E-state index is 12.6. The molecule has 212 valence electrons. The lowest BCUT2D eigenvalue weighted by Crippen LogP contribution is -2.48. The molecule has 0 radical (unpaired) electrons. The van der Waals surface area contributed by atoms with Gasteiger partial charge in [0.05, 0.1) is 32.7 Å². The SMILES string of the molecule is CCCCCCCCCCCCCCCCCC[N+](C)(C)C[C@H]1CCCC[C@@H]1OC(=O)c1ccccc1. The van der Waals surface area contributed by atoms with Gasteiger partial charge in [-0.3, -0.25) is 0 Å². The molecule has 3 nitrogen and oxygen atoms in total. The average Bonchev–Trinajstić information content (AvgIpc) is 2.90. The molecule has 3 heteroatoms. The van der Waals surface area contributed by atoms with E-state index in [4.69, 9.17) is 4.74 Å². The van der Waals surface area contributed by atoms with Gasteiger partial charge in [-0.25, -0.2) is 4.79 Å². The molecule has 0 aliphatic heterocycles. The smallest absolute Gasteiger partial charge is 0.338 e. The van der Waals surface area contributed by atoms with E-state index in [-0.39, 0.29) is 12.1 Å². The van der Waals surface area contributed by atoms with Crippen LogP contribution in [0, 0.1) is 5.92 Å². The fourth-order valence-electron chi connectivity index (χ4n) is 6.13. The van der Waals surface area contributed by atoms with Crippen LogP contribution in [0.1, 0.15) is 146 Å². The normalized spacial score (nSPS) is 18.1. The van der Waals surface area contributed by atoms with Gasteiger partial charge in [0.2, 0.25) is 0 Å². The summed E-state index contributed by atoms with van der Waals surface area (Å²) in [6, 6.07) is 9.48. The summed E-state index contributed by atoms with van der Waals surface area (Å²) in [6.45, 7) is 4.64. The van der Waals surface area contributed by atoms with Gasteiger partial charge < -0.3 is 9.22 Å². The standard InChI is InChI=1S/C34H60NO2/c1-4-5-6-7-8-9-10-11-12-13-14-15-16-17-18-24-29-35(2,3)30-32-27-22-23-28-33(32)37-34(36)31-25-20-19-21-26-31/h19-21,25-26,32-33H,4-18,22-24,27-30H2,1-3H3/q+1/t32-,33+/m1/s1. The third-order valence-electron chi connectivity index (χ3n) is 8.45. The van der Waals surface area contributed by atoms with E-state index < -0.39 is 0 Å². The van der Waals surface area contributed by atoms with E-state index >= 15 is 0 Å². The Morgan fingerprint density at radius 3 is 1.76 bits per heavy atom. The zero-order chi connectivity index (χ0) is 26.6. The molecule has 1 aromatic carbocycles. The van der Waals surface area contributed by atoms with E-state index in [0.29, 0.717) is 11.5 Å². The molecule has 2 atom stereocenters. The van der Waals surface area contributed by atoms with Crippen LogP contribution in [-0.4, -0.2) is 43.7 Å². The highest BCUT2D eigenvalue weighted by atomic mass is 16.5. The number of benzene rings is 1. The van der Waals surface area contributed by atoms with Crippen LogP contribution in [0.3, 0.4) is 0 Å². The van der Waals surface area contributed by atoms with Gasteiger partial charge in [0.1, 0.15) is 6.10 Å². The molecule has 0 amide bonds. The maximum absolute atomic E-state index is 12.6. The van der Waals surface area contributed by atoms with Crippen LogP contribution < -0.4 is 0 Å². The van der Waals surface area contributed by atoms with E-state index in [1.807, 2.05) is 30.3 Å². The molecular formula is C34H60NO2+. The minimum atomic E-state index is -0.152. The van der Waals surface area contributed by atoms with Crippen LogP contribution in [0.2, 0.25) is 0 Å². The number of rotatable bonds is 21. The highest BCUT2D eigenvalue weighted by molar-refractivity contribution is 5.89.